The number of ether oxygens (including phenoxy) is 2. The Morgan fingerprint density at radius 1 is 1.20 bits per heavy atom. The van der Waals surface area contributed by atoms with Crippen molar-refractivity contribution in [1.82, 2.24) is 14.7 Å². The first-order chi connectivity index (χ1) is 12.2. The van der Waals surface area contributed by atoms with E-state index in [0.717, 1.165) is 39.0 Å². The van der Waals surface area contributed by atoms with Crippen LogP contribution in [0.25, 0.3) is 0 Å². The number of fused-ring (bicyclic) bond motifs is 1. The number of nitrogens with zero attached hydrogens (tertiary/aromatic N) is 3. The molecule has 3 atom stereocenters. The van der Waals surface area contributed by atoms with Gasteiger partial charge in [-0.1, -0.05) is 19.3 Å². The topological polar surface area (TPSA) is 39.5 Å². The van der Waals surface area contributed by atoms with Crippen LogP contribution in [-0.4, -0.2) is 53.2 Å². The standard InChI is InChI=1S/C20H33N3O2/c1-22-13-16(20(21-22)15-6-4-3-5-7-15)14-23-10-11-25-19-9-8-17(24-2)12-18(19)23/h13,15,17-19H,3-12,14H2,1-2H3. The van der Waals surface area contributed by atoms with Crippen LogP contribution in [0.15, 0.2) is 6.20 Å². The van der Waals surface area contributed by atoms with Gasteiger partial charge in [0, 0.05) is 51.0 Å². The maximum absolute atomic E-state index is 6.08. The van der Waals surface area contributed by atoms with Crippen LogP contribution in [0.5, 0.6) is 0 Å². The highest BCUT2D eigenvalue weighted by Crippen LogP contribution is 2.35. The van der Waals surface area contributed by atoms with Crippen LogP contribution < -0.4 is 0 Å². The minimum absolute atomic E-state index is 0.384. The second-order valence-corrected chi connectivity index (χ2v) is 8.17. The number of aromatic nitrogens is 2. The number of rotatable bonds is 4. The molecule has 0 aromatic carbocycles. The van der Waals surface area contributed by atoms with E-state index in [4.69, 9.17) is 14.6 Å². The summed E-state index contributed by atoms with van der Waals surface area (Å²) in [6.07, 6.45) is 13.1. The Balaban J connectivity index is 1.50. The van der Waals surface area contributed by atoms with E-state index in [0.29, 0.717) is 24.2 Å². The lowest BCUT2D eigenvalue weighted by Crippen LogP contribution is -2.54. The first-order valence-electron chi connectivity index (χ1n) is 10.2. The van der Waals surface area contributed by atoms with Gasteiger partial charge in [-0.05, 0) is 32.1 Å². The summed E-state index contributed by atoms with van der Waals surface area (Å²) in [5, 5.41) is 4.87. The molecule has 1 saturated heterocycles. The smallest absolute Gasteiger partial charge is 0.0732 e. The number of aryl methyl sites for hydroxylation is 1. The molecule has 5 heteroatoms. The van der Waals surface area contributed by atoms with Gasteiger partial charge in [-0.3, -0.25) is 9.58 Å². The van der Waals surface area contributed by atoms with Gasteiger partial charge in [0.05, 0.1) is 24.5 Å². The average molecular weight is 348 g/mol. The third-order valence-corrected chi connectivity index (χ3v) is 6.52. The molecule has 5 nitrogen and oxygen atoms in total. The molecule has 140 valence electrons. The lowest BCUT2D eigenvalue weighted by molar-refractivity contribution is -0.116. The molecule has 3 aliphatic rings. The molecule has 3 unspecified atom stereocenters. The Kier molecular flexibility index (Phi) is 5.44. The van der Waals surface area contributed by atoms with E-state index in [1.807, 2.05) is 11.8 Å². The fourth-order valence-corrected chi connectivity index (χ4v) is 5.17. The van der Waals surface area contributed by atoms with Crippen LogP contribution >= 0.6 is 0 Å². The van der Waals surface area contributed by atoms with Crippen molar-refractivity contribution in [2.75, 3.05) is 20.3 Å². The fraction of sp³-hybridized carbons (Fsp3) is 0.850. The summed E-state index contributed by atoms with van der Waals surface area (Å²) in [6, 6.07) is 0.492. The van der Waals surface area contributed by atoms with Crippen LogP contribution in [0.1, 0.15) is 68.5 Å². The second kappa shape index (κ2) is 7.77. The van der Waals surface area contributed by atoms with Gasteiger partial charge >= 0.3 is 0 Å². The van der Waals surface area contributed by atoms with Gasteiger partial charge in [-0.15, -0.1) is 0 Å². The van der Waals surface area contributed by atoms with Crippen molar-refractivity contribution >= 4 is 0 Å². The third-order valence-electron chi connectivity index (χ3n) is 6.52. The average Bonchev–Trinajstić information content (AvgIpc) is 3.02. The maximum atomic E-state index is 6.08. The molecule has 1 aromatic rings. The van der Waals surface area contributed by atoms with Crippen molar-refractivity contribution in [3.63, 3.8) is 0 Å². The highest BCUT2D eigenvalue weighted by Gasteiger charge is 2.38. The van der Waals surface area contributed by atoms with Gasteiger partial charge in [0.25, 0.3) is 0 Å². The van der Waals surface area contributed by atoms with Crippen molar-refractivity contribution < 1.29 is 9.47 Å². The van der Waals surface area contributed by atoms with Gasteiger partial charge in [-0.25, -0.2) is 0 Å². The molecular formula is C20H33N3O2. The van der Waals surface area contributed by atoms with E-state index in [1.165, 1.54) is 43.4 Å². The molecule has 0 spiro atoms. The lowest BCUT2D eigenvalue weighted by atomic mass is 9.85. The minimum Gasteiger partial charge on any atom is -0.381 e. The number of morpholine rings is 1. The van der Waals surface area contributed by atoms with Crippen LogP contribution in [0.3, 0.4) is 0 Å². The van der Waals surface area contributed by atoms with Crippen molar-refractivity contribution in [2.45, 2.75) is 82.1 Å². The van der Waals surface area contributed by atoms with E-state index in [2.05, 4.69) is 18.1 Å². The summed E-state index contributed by atoms with van der Waals surface area (Å²) in [6.45, 7) is 2.90. The van der Waals surface area contributed by atoms with Gasteiger partial charge in [0.2, 0.25) is 0 Å². The summed E-state index contributed by atoms with van der Waals surface area (Å²) < 4.78 is 13.8. The molecule has 2 heterocycles. The highest BCUT2D eigenvalue weighted by atomic mass is 16.5. The largest absolute Gasteiger partial charge is 0.381 e. The second-order valence-electron chi connectivity index (χ2n) is 8.17. The molecular weight excluding hydrogens is 314 g/mol. The summed E-state index contributed by atoms with van der Waals surface area (Å²) in [5.41, 5.74) is 2.80. The zero-order valence-corrected chi connectivity index (χ0v) is 15.8. The first-order valence-corrected chi connectivity index (χ1v) is 10.2. The molecule has 0 N–H and O–H groups in total. The summed E-state index contributed by atoms with van der Waals surface area (Å²) in [5.74, 6) is 0.667. The molecule has 4 rings (SSSR count). The van der Waals surface area contributed by atoms with Crippen LogP contribution in [0, 0.1) is 0 Å². The zero-order chi connectivity index (χ0) is 17.2. The highest BCUT2D eigenvalue weighted by molar-refractivity contribution is 5.22. The van der Waals surface area contributed by atoms with E-state index in [9.17, 15) is 0 Å². The number of hydrogen-bond acceptors (Lipinski definition) is 4. The lowest BCUT2D eigenvalue weighted by Gasteiger charge is -2.45. The Morgan fingerprint density at radius 2 is 2.04 bits per heavy atom. The molecule has 0 bridgehead atoms. The molecule has 2 aliphatic carbocycles. The van der Waals surface area contributed by atoms with Crippen LogP contribution in [0.4, 0.5) is 0 Å². The number of methoxy groups -OCH3 is 1. The molecule has 25 heavy (non-hydrogen) atoms. The van der Waals surface area contributed by atoms with Crippen LogP contribution in [-0.2, 0) is 23.1 Å². The van der Waals surface area contributed by atoms with Gasteiger partial charge in [0.1, 0.15) is 0 Å². The van der Waals surface area contributed by atoms with Gasteiger partial charge in [0.15, 0.2) is 0 Å². The predicted octanol–water partition coefficient (Wildman–Crippen LogP) is 3.24. The summed E-state index contributed by atoms with van der Waals surface area (Å²) in [7, 11) is 3.92. The quantitative estimate of drug-likeness (QED) is 0.838. The predicted molar refractivity (Wildman–Crippen MR) is 97.6 cm³/mol. The monoisotopic (exact) mass is 347 g/mol. The summed E-state index contributed by atoms with van der Waals surface area (Å²) in [4.78, 5) is 2.64. The Labute approximate surface area is 151 Å². The van der Waals surface area contributed by atoms with Crippen molar-refractivity contribution in [2.24, 2.45) is 7.05 Å². The van der Waals surface area contributed by atoms with E-state index in [-0.39, 0.29) is 0 Å². The van der Waals surface area contributed by atoms with E-state index < -0.39 is 0 Å². The molecule has 1 aromatic heterocycles. The summed E-state index contributed by atoms with van der Waals surface area (Å²) >= 11 is 0. The normalized spacial score (nSPS) is 31.8. The maximum Gasteiger partial charge on any atom is 0.0732 e. The Bertz CT molecular complexity index is 567. The molecule has 2 saturated carbocycles. The van der Waals surface area contributed by atoms with Crippen LogP contribution in [0.2, 0.25) is 0 Å². The SMILES string of the molecule is COC1CCC2OCCN(Cc3cn(C)nc3C3CCCCC3)C2C1. The third kappa shape index (κ3) is 3.79. The molecule has 0 radical (unpaired) electrons. The van der Waals surface area contributed by atoms with Gasteiger partial charge < -0.3 is 9.47 Å². The first kappa shape index (κ1) is 17.5. The fourth-order valence-electron chi connectivity index (χ4n) is 5.17. The Hall–Kier alpha value is -0.910. The van der Waals surface area contributed by atoms with E-state index >= 15 is 0 Å². The van der Waals surface area contributed by atoms with E-state index in [1.54, 1.807) is 0 Å². The molecule has 0 amide bonds. The Morgan fingerprint density at radius 3 is 2.84 bits per heavy atom. The van der Waals surface area contributed by atoms with Gasteiger partial charge in [-0.2, -0.15) is 5.10 Å². The molecule has 1 aliphatic heterocycles. The van der Waals surface area contributed by atoms with Crippen molar-refractivity contribution in [3.8, 4) is 0 Å². The minimum atomic E-state index is 0.384. The van der Waals surface area contributed by atoms with Crippen molar-refractivity contribution in [3.05, 3.63) is 17.5 Å². The number of hydrogen-bond donors (Lipinski definition) is 0. The van der Waals surface area contributed by atoms with Crippen molar-refractivity contribution in [1.29, 1.82) is 0 Å². The molecule has 3 fully saturated rings. The zero-order valence-electron chi connectivity index (χ0n) is 15.8.